The number of hydrogen-bond donors (Lipinski definition) is 1. The van der Waals surface area contributed by atoms with Crippen LogP contribution in [0.3, 0.4) is 0 Å². The van der Waals surface area contributed by atoms with Crippen molar-refractivity contribution >= 4 is 23.1 Å². The number of carbonyl (C=O) groups is 2. The Morgan fingerprint density at radius 2 is 1.85 bits per heavy atom. The molecule has 1 saturated heterocycles. The number of anilines is 1. The molecule has 0 spiro atoms. The van der Waals surface area contributed by atoms with Gasteiger partial charge in [-0.3, -0.25) is 19.5 Å². The zero-order valence-corrected chi connectivity index (χ0v) is 19.8. The number of aromatic nitrogens is 1. The number of hydrogen-bond acceptors (Lipinski definition) is 5. The van der Waals surface area contributed by atoms with Crippen LogP contribution in [0, 0.1) is 19.8 Å². The van der Waals surface area contributed by atoms with Crippen LogP contribution in [0.4, 0.5) is 5.69 Å². The molecule has 1 N–H and O–H groups in total. The molecule has 3 aromatic rings. The quantitative estimate of drug-likeness (QED) is 0.307. The molecule has 1 aliphatic rings. The summed E-state index contributed by atoms with van der Waals surface area (Å²) in [5.74, 6) is -0.780. The Balaban J connectivity index is 1.88. The number of benzene rings is 2. The topological polar surface area (TPSA) is 79.7 Å². The molecule has 0 bridgehead atoms. The van der Waals surface area contributed by atoms with Crippen molar-refractivity contribution in [3.63, 3.8) is 0 Å². The van der Waals surface area contributed by atoms with E-state index in [1.165, 1.54) is 4.90 Å². The van der Waals surface area contributed by atoms with E-state index in [1.54, 1.807) is 48.7 Å². The van der Waals surface area contributed by atoms with Gasteiger partial charge >= 0.3 is 0 Å². The zero-order valence-electron chi connectivity index (χ0n) is 19.8. The molecule has 0 saturated carbocycles. The largest absolute Gasteiger partial charge is 0.507 e. The first kappa shape index (κ1) is 23.2. The number of carbonyl (C=O) groups excluding carboxylic acids is 2. The van der Waals surface area contributed by atoms with Crippen molar-refractivity contribution in [3.8, 4) is 5.75 Å². The fraction of sp³-hybridized carbons (Fsp3) is 0.250. The minimum absolute atomic E-state index is 0.00520. The van der Waals surface area contributed by atoms with E-state index in [4.69, 9.17) is 4.74 Å². The summed E-state index contributed by atoms with van der Waals surface area (Å²) in [5.41, 5.74) is 3.32. The van der Waals surface area contributed by atoms with Crippen molar-refractivity contribution in [1.29, 1.82) is 0 Å². The summed E-state index contributed by atoms with van der Waals surface area (Å²) in [6.07, 6.45) is 1.61. The van der Waals surface area contributed by atoms with Gasteiger partial charge in [0.25, 0.3) is 11.7 Å². The first-order chi connectivity index (χ1) is 16.3. The van der Waals surface area contributed by atoms with Crippen molar-refractivity contribution in [1.82, 2.24) is 4.98 Å². The van der Waals surface area contributed by atoms with Gasteiger partial charge in [0.15, 0.2) is 0 Å². The molecular weight excluding hydrogens is 428 g/mol. The Labute approximate surface area is 199 Å². The van der Waals surface area contributed by atoms with Crippen molar-refractivity contribution < 1.29 is 19.4 Å². The summed E-state index contributed by atoms with van der Waals surface area (Å²) in [6.45, 7) is 8.43. The van der Waals surface area contributed by atoms with Crippen LogP contribution in [-0.4, -0.2) is 28.4 Å². The monoisotopic (exact) mass is 456 g/mol. The lowest BCUT2D eigenvalue weighted by Crippen LogP contribution is -2.30. The van der Waals surface area contributed by atoms with Gasteiger partial charge in [0.2, 0.25) is 0 Å². The molecule has 1 fully saturated rings. The second-order valence-electron chi connectivity index (χ2n) is 8.95. The lowest BCUT2D eigenvalue weighted by Gasteiger charge is -2.26. The van der Waals surface area contributed by atoms with Gasteiger partial charge in [-0.25, -0.2) is 0 Å². The predicted octanol–water partition coefficient (Wildman–Crippen LogP) is 5.36. The lowest BCUT2D eigenvalue weighted by atomic mass is 9.97. The number of pyridine rings is 1. The number of ether oxygens (including phenoxy) is 1. The molecule has 2 heterocycles. The molecule has 1 aliphatic heterocycles. The second kappa shape index (κ2) is 9.51. The molecule has 1 atom stereocenters. The first-order valence-corrected chi connectivity index (χ1v) is 11.3. The number of amides is 1. The van der Waals surface area contributed by atoms with E-state index in [-0.39, 0.29) is 11.3 Å². The molecule has 4 rings (SSSR count). The van der Waals surface area contributed by atoms with E-state index in [0.717, 1.165) is 11.1 Å². The highest BCUT2D eigenvalue weighted by Crippen LogP contribution is 2.42. The normalized spacial score (nSPS) is 17.4. The molecule has 2 aromatic carbocycles. The molecule has 6 nitrogen and oxygen atoms in total. The summed E-state index contributed by atoms with van der Waals surface area (Å²) in [6, 6.07) is 17.1. The summed E-state index contributed by atoms with van der Waals surface area (Å²) in [5, 5.41) is 11.3. The van der Waals surface area contributed by atoms with E-state index >= 15 is 0 Å². The van der Waals surface area contributed by atoms with Crippen LogP contribution in [0.2, 0.25) is 0 Å². The Kier molecular flexibility index (Phi) is 6.50. The molecule has 174 valence electrons. The highest BCUT2D eigenvalue weighted by atomic mass is 16.5. The zero-order chi connectivity index (χ0) is 24.4. The highest BCUT2D eigenvalue weighted by molar-refractivity contribution is 6.51. The Bertz CT molecular complexity index is 1260. The number of Topliss-reactive ketones (excluding diaryl/α,β-unsaturated/α-hetero) is 1. The molecular formula is C28H28N2O4. The summed E-state index contributed by atoms with van der Waals surface area (Å²) in [4.78, 5) is 32.5. The fourth-order valence-corrected chi connectivity index (χ4v) is 4.03. The third kappa shape index (κ3) is 4.44. The van der Waals surface area contributed by atoms with Gasteiger partial charge in [-0.2, -0.15) is 0 Å². The van der Waals surface area contributed by atoms with Gasteiger partial charge in [-0.15, -0.1) is 0 Å². The molecule has 0 radical (unpaired) electrons. The second-order valence-corrected chi connectivity index (χ2v) is 8.95. The van der Waals surface area contributed by atoms with Gasteiger partial charge in [0.05, 0.1) is 17.9 Å². The minimum atomic E-state index is -0.859. The summed E-state index contributed by atoms with van der Waals surface area (Å²) in [7, 11) is 0. The van der Waals surface area contributed by atoms with Crippen LogP contribution in [0.5, 0.6) is 5.75 Å². The van der Waals surface area contributed by atoms with Gasteiger partial charge < -0.3 is 9.84 Å². The van der Waals surface area contributed by atoms with E-state index in [0.29, 0.717) is 35.2 Å². The molecule has 1 aromatic heterocycles. The van der Waals surface area contributed by atoms with Gasteiger partial charge in [0, 0.05) is 17.4 Å². The highest BCUT2D eigenvalue weighted by Gasteiger charge is 2.48. The van der Waals surface area contributed by atoms with Crippen LogP contribution in [0.25, 0.3) is 5.76 Å². The van der Waals surface area contributed by atoms with Crippen molar-refractivity contribution in [3.05, 3.63) is 94.8 Å². The number of nitrogens with zero attached hydrogens (tertiary/aromatic N) is 2. The average Bonchev–Trinajstić information content (AvgIpc) is 3.10. The number of aliphatic hydroxyl groups excluding tert-OH is 1. The van der Waals surface area contributed by atoms with Crippen LogP contribution in [-0.2, 0) is 9.59 Å². The summed E-state index contributed by atoms with van der Waals surface area (Å²) < 4.78 is 5.79. The average molecular weight is 457 g/mol. The maximum atomic E-state index is 13.3. The molecule has 1 unspecified atom stereocenters. The predicted molar refractivity (Wildman–Crippen MR) is 132 cm³/mol. The first-order valence-electron chi connectivity index (χ1n) is 11.3. The van der Waals surface area contributed by atoms with Crippen LogP contribution >= 0.6 is 0 Å². The molecule has 6 heteroatoms. The molecule has 34 heavy (non-hydrogen) atoms. The van der Waals surface area contributed by atoms with Crippen LogP contribution in [0.15, 0.2) is 72.4 Å². The molecule has 1 amide bonds. The van der Waals surface area contributed by atoms with E-state index in [1.807, 2.05) is 45.9 Å². The standard InChI is InChI=1S/C28H28N2O4/c1-17(2)16-34-21-9-7-8-20(15-21)26(31)24-25(22-10-5-6-13-29-22)30(28(33)27(24)32)23-14-18(3)11-12-19(23)4/h5-15,17,25,31H,16H2,1-4H3/b26-24+. The van der Waals surface area contributed by atoms with Gasteiger partial charge in [0.1, 0.15) is 17.6 Å². The van der Waals surface area contributed by atoms with E-state index < -0.39 is 17.7 Å². The number of ketones is 1. The Hall–Kier alpha value is -3.93. The number of aliphatic hydroxyl groups is 1. The lowest BCUT2D eigenvalue weighted by molar-refractivity contribution is -0.132. The minimum Gasteiger partial charge on any atom is -0.507 e. The van der Waals surface area contributed by atoms with Crippen LogP contribution in [0.1, 0.15) is 42.3 Å². The maximum absolute atomic E-state index is 13.3. The van der Waals surface area contributed by atoms with Crippen molar-refractivity contribution in [2.45, 2.75) is 33.7 Å². The van der Waals surface area contributed by atoms with Crippen molar-refractivity contribution in [2.75, 3.05) is 11.5 Å². The SMILES string of the molecule is Cc1ccc(C)c(N2C(=O)C(=O)/C(=C(/O)c3cccc(OCC(C)C)c3)C2c2ccccn2)c1. The van der Waals surface area contributed by atoms with Crippen LogP contribution < -0.4 is 9.64 Å². The molecule has 0 aliphatic carbocycles. The Morgan fingerprint density at radius 1 is 1.06 bits per heavy atom. The smallest absolute Gasteiger partial charge is 0.300 e. The van der Waals surface area contributed by atoms with Gasteiger partial charge in [-0.1, -0.05) is 44.2 Å². The van der Waals surface area contributed by atoms with E-state index in [2.05, 4.69) is 4.98 Å². The number of rotatable bonds is 6. The Morgan fingerprint density at radius 3 is 2.56 bits per heavy atom. The third-order valence-corrected chi connectivity index (χ3v) is 5.73. The van der Waals surface area contributed by atoms with E-state index in [9.17, 15) is 14.7 Å². The summed E-state index contributed by atoms with van der Waals surface area (Å²) >= 11 is 0. The third-order valence-electron chi connectivity index (χ3n) is 5.73. The maximum Gasteiger partial charge on any atom is 0.300 e. The number of aryl methyl sites for hydroxylation is 2. The fourth-order valence-electron chi connectivity index (χ4n) is 4.03. The van der Waals surface area contributed by atoms with Crippen molar-refractivity contribution in [2.24, 2.45) is 5.92 Å². The van der Waals surface area contributed by atoms with Gasteiger partial charge in [-0.05, 0) is 61.2 Å².